The van der Waals surface area contributed by atoms with Crippen LogP contribution in [0.25, 0.3) is 0 Å². The first kappa shape index (κ1) is 20.9. The number of piperidine rings is 1. The fourth-order valence-corrected chi connectivity index (χ4v) is 5.22. The lowest BCUT2D eigenvalue weighted by molar-refractivity contribution is -0.208. The van der Waals surface area contributed by atoms with E-state index in [1.165, 1.54) is 0 Å². The summed E-state index contributed by atoms with van der Waals surface area (Å²) < 4.78 is 57.7. The Hall–Kier alpha value is -0.420. The highest BCUT2D eigenvalue weighted by molar-refractivity contribution is 7.89. The van der Waals surface area contributed by atoms with Crippen molar-refractivity contribution in [1.82, 2.24) is 4.31 Å². The first-order valence-electron chi connectivity index (χ1n) is 7.48. The normalized spacial score (nSPS) is 36.4. The van der Waals surface area contributed by atoms with Crippen molar-refractivity contribution in [3.8, 4) is 0 Å². The van der Waals surface area contributed by atoms with Gasteiger partial charge in [-0.25, -0.2) is 13.6 Å². The Bertz CT molecular complexity index is 658. The van der Waals surface area contributed by atoms with E-state index in [1.807, 2.05) is 0 Å². The zero-order valence-corrected chi connectivity index (χ0v) is 14.7. The molecule has 2 rings (SSSR count). The smallest absolute Gasteiger partial charge is 0.333 e. The molecule has 2 fully saturated rings. The van der Waals surface area contributed by atoms with Crippen LogP contribution < -0.4 is 5.14 Å². The van der Waals surface area contributed by atoms with E-state index in [9.17, 15) is 32.2 Å². The molecule has 0 aromatic rings. The minimum Gasteiger partial charge on any atom is -0.394 e. The lowest BCUT2D eigenvalue weighted by Gasteiger charge is -2.42. The monoisotopic (exact) mass is 406 g/mol. The highest BCUT2D eigenvalue weighted by Gasteiger charge is 2.51. The van der Waals surface area contributed by atoms with Crippen LogP contribution in [0.2, 0.25) is 0 Å². The van der Waals surface area contributed by atoms with Gasteiger partial charge in [0.05, 0.1) is 12.7 Å². The molecule has 0 aromatic heterocycles. The summed E-state index contributed by atoms with van der Waals surface area (Å²) in [5, 5.41) is 43.3. The highest BCUT2D eigenvalue weighted by atomic mass is 32.2. The van der Waals surface area contributed by atoms with E-state index < -0.39 is 62.9 Å². The van der Waals surface area contributed by atoms with Crippen molar-refractivity contribution in [2.24, 2.45) is 5.14 Å². The predicted molar refractivity (Wildman–Crippen MR) is 81.5 cm³/mol. The summed E-state index contributed by atoms with van der Waals surface area (Å²) in [4.78, 5) is 0. The Balaban J connectivity index is 2.08. The predicted octanol–water partition coefficient (Wildman–Crippen LogP) is -4.20. The van der Waals surface area contributed by atoms with Gasteiger partial charge in [0.25, 0.3) is 0 Å². The molecule has 0 radical (unpaired) electrons. The molecule has 0 amide bonds. The number of sulfonamides is 1. The molecular formula is C11H22N2O10S2. The molecule has 0 unspecified atom stereocenters. The molecule has 25 heavy (non-hydrogen) atoms. The van der Waals surface area contributed by atoms with Crippen LogP contribution in [0.4, 0.5) is 0 Å². The Morgan fingerprint density at radius 2 is 1.60 bits per heavy atom. The molecule has 5 atom stereocenters. The summed E-state index contributed by atoms with van der Waals surface area (Å²) in [6.07, 6.45) is -7.41. The number of aliphatic hydroxyl groups is 4. The van der Waals surface area contributed by atoms with Crippen molar-refractivity contribution in [2.45, 2.75) is 48.8 Å². The largest absolute Gasteiger partial charge is 0.394 e. The van der Waals surface area contributed by atoms with E-state index in [4.69, 9.17) is 15.0 Å². The number of aliphatic hydroxyl groups excluding tert-OH is 4. The zero-order chi connectivity index (χ0) is 19.0. The molecule has 2 heterocycles. The summed E-state index contributed by atoms with van der Waals surface area (Å²) in [6.45, 7) is -0.976. The number of hydrogen-bond acceptors (Lipinski definition) is 10. The third-order valence-electron chi connectivity index (χ3n) is 4.17. The summed E-state index contributed by atoms with van der Waals surface area (Å²) in [6, 6.07) is 0. The second kappa shape index (κ2) is 7.67. The number of ether oxygens (including phenoxy) is 1. The first-order valence-corrected chi connectivity index (χ1v) is 10.5. The second-order valence-corrected chi connectivity index (χ2v) is 9.12. The van der Waals surface area contributed by atoms with Crippen molar-refractivity contribution in [1.29, 1.82) is 0 Å². The Morgan fingerprint density at radius 1 is 1.04 bits per heavy atom. The van der Waals surface area contributed by atoms with E-state index in [2.05, 4.69) is 4.18 Å². The van der Waals surface area contributed by atoms with Gasteiger partial charge in [0.15, 0.2) is 0 Å². The van der Waals surface area contributed by atoms with E-state index >= 15 is 0 Å². The maximum absolute atomic E-state index is 12.6. The summed E-state index contributed by atoms with van der Waals surface area (Å²) in [7, 11) is -8.41. The molecule has 0 aliphatic carbocycles. The van der Waals surface area contributed by atoms with Crippen LogP contribution in [0, 0.1) is 0 Å². The maximum atomic E-state index is 12.6. The number of nitrogens with zero attached hydrogens (tertiary/aromatic N) is 1. The molecule has 0 saturated carbocycles. The van der Waals surface area contributed by atoms with Crippen molar-refractivity contribution in [3.63, 3.8) is 0 Å². The molecule has 0 aromatic carbocycles. The van der Waals surface area contributed by atoms with Gasteiger partial charge in [0, 0.05) is 13.1 Å². The minimum atomic E-state index is -4.26. The van der Waals surface area contributed by atoms with Crippen LogP contribution in [0.5, 0.6) is 0 Å². The standard InChI is InChI=1S/C11H22N2O10S2/c12-25(20,21)23-6-1-3-13(4-2-6)24(18,19)11-10(17)9(16)8(15)7(5-14)22-11/h6-11,14-17H,1-5H2,(H2,12,20,21)/t7-,8+,9+,10-,11-/m1/s1. The molecule has 2 saturated heterocycles. The fraction of sp³-hybridized carbons (Fsp3) is 1.00. The van der Waals surface area contributed by atoms with E-state index in [0.29, 0.717) is 0 Å². The summed E-state index contributed by atoms with van der Waals surface area (Å²) in [5.41, 5.74) is -1.88. The van der Waals surface area contributed by atoms with Gasteiger partial charge in [0.2, 0.25) is 15.5 Å². The number of hydrogen-bond donors (Lipinski definition) is 5. The first-order chi connectivity index (χ1) is 11.5. The average molecular weight is 406 g/mol. The van der Waals surface area contributed by atoms with E-state index in [1.54, 1.807) is 0 Å². The van der Waals surface area contributed by atoms with Crippen LogP contribution >= 0.6 is 0 Å². The molecule has 0 spiro atoms. The van der Waals surface area contributed by atoms with Crippen molar-refractivity contribution in [3.05, 3.63) is 0 Å². The second-order valence-electron chi connectivity index (χ2n) is 5.93. The molecule has 6 N–H and O–H groups in total. The molecule has 2 aliphatic rings. The van der Waals surface area contributed by atoms with Gasteiger partial charge in [-0.3, -0.25) is 4.18 Å². The van der Waals surface area contributed by atoms with E-state index in [0.717, 1.165) is 4.31 Å². The van der Waals surface area contributed by atoms with Gasteiger partial charge in [0.1, 0.15) is 24.4 Å². The molecule has 148 valence electrons. The molecule has 14 heteroatoms. The fourth-order valence-electron chi connectivity index (χ4n) is 2.83. The highest BCUT2D eigenvalue weighted by Crippen LogP contribution is 2.28. The summed E-state index contributed by atoms with van der Waals surface area (Å²) >= 11 is 0. The molecule has 2 aliphatic heterocycles. The SMILES string of the molecule is NS(=O)(=O)OC1CCN(S(=O)(=O)[C@H]2O[C@H](CO)[C@H](O)[C@H](O)[C@H]2O)CC1. The van der Waals surface area contributed by atoms with Crippen LogP contribution in [-0.4, -0.2) is 97.2 Å². The van der Waals surface area contributed by atoms with Gasteiger partial charge < -0.3 is 25.2 Å². The minimum absolute atomic E-state index is 0.0487. The van der Waals surface area contributed by atoms with Crippen LogP contribution in [0.3, 0.4) is 0 Å². The Kier molecular flexibility index (Phi) is 6.41. The van der Waals surface area contributed by atoms with Gasteiger partial charge in [-0.1, -0.05) is 0 Å². The third-order valence-corrected chi connectivity index (χ3v) is 6.78. The topological polar surface area (TPSA) is 197 Å². The molecule has 12 nitrogen and oxygen atoms in total. The van der Waals surface area contributed by atoms with Crippen molar-refractivity contribution < 1.29 is 46.2 Å². The van der Waals surface area contributed by atoms with Gasteiger partial charge in [-0.15, -0.1) is 0 Å². The van der Waals surface area contributed by atoms with Crippen molar-refractivity contribution in [2.75, 3.05) is 19.7 Å². The molecular weight excluding hydrogens is 384 g/mol. The maximum Gasteiger partial charge on any atom is 0.333 e. The van der Waals surface area contributed by atoms with Crippen LogP contribution in [-0.2, 0) is 29.2 Å². The lowest BCUT2D eigenvalue weighted by Crippen LogP contribution is -2.62. The zero-order valence-electron chi connectivity index (χ0n) is 13.1. The van der Waals surface area contributed by atoms with E-state index in [-0.39, 0.29) is 25.9 Å². The average Bonchev–Trinajstić information content (AvgIpc) is 2.51. The lowest BCUT2D eigenvalue weighted by atomic mass is 10.0. The van der Waals surface area contributed by atoms with Crippen LogP contribution in [0.1, 0.15) is 12.8 Å². The number of rotatable bonds is 5. The third kappa shape index (κ3) is 4.65. The Morgan fingerprint density at radius 3 is 2.08 bits per heavy atom. The van der Waals surface area contributed by atoms with Gasteiger partial charge in [-0.2, -0.15) is 12.7 Å². The number of nitrogens with two attached hydrogens (primary N) is 1. The summed E-state index contributed by atoms with van der Waals surface area (Å²) in [5.74, 6) is 0. The van der Waals surface area contributed by atoms with Gasteiger partial charge in [-0.05, 0) is 12.8 Å². The quantitative estimate of drug-likeness (QED) is 0.298. The van der Waals surface area contributed by atoms with Crippen molar-refractivity contribution >= 4 is 20.3 Å². The van der Waals surface area contributed by atoms with Crippen LogP contribution in [0.15, 0.2) is 0 Å². The Labute approximate surface area is 145 Å². The molecule has 0 bridgehead atoms. The van der Waals surface area contributed by atoms with Gasteiger partial charge >= 0.3 is 10.3 Å².